The minimum atomic E-state index is -1.33. The topological polar surface area (TPSA) is 40.5 Å². The van der Waals surface area contributed by atoms with Gasteiger partial charge in [-0.05, 0) is 30.4 Å². The van der Waals surface area contributed by atoms with E-state index in [1.807, 2.05) is 0 Å². The summed E-state index contributed by atoms with van der Waals surface area (Å²) in [7, 11) is 0. The lowest BCUT2D eigenvalue weighted by atomic mass is 9.78. The molecule has 1 aromatic carbocycles. The first-order chi connectivity index (χ1) is 9.36. The summed E-state index contributed by atoms with van der Waals surface area (Å²) < 4.78 is 28.0. The lowest BCUT2D eigenvalue weighted by molar-refractivity contribution is 0.0695. The number of carboxylic acid groups (broad SMARTS) is 1. The number of aromatic carboxylic acids is 1. The Morgan fingerprint density at radius 1 is 1.30 bits per heavy atom. The summed E-state index contributed by atoms with van der Waals surface area (Å²) in [6, 6.07) is 1.77. The fourth-order valence-electron chi connectivity index (χ4n) is 2.61. The van der Waals surface area contributed by atoms with Crippen molar-refractivity contribution in [3.05, 3.63) is 29.3 Å². The molecule has 2 rings (SSSR count). The summed E-state index contributed by atoms with van der Waals surface area (Å²) >= 11 is 0. The third-order valence-corrected chi connectivity index (χ3v) is 4.40. The van der Waals surface area contributed by atoms with Gasteiger partial charge in [0.1, 0.15) is 17.3 Å². The van der Waals surface area contributed by atoms with Gasteiger partial charge in [-0.2, -0.15) is 0 Å². The van der Waals surface area contributed by atoms with E-state index in [2.05, 4.69) is 13.8 Å². The highest BCUT2D eigenvalue weighted by Gasteiger charge is 2.30. The number of carbonyl (C=O) groups is 1. The van der Waals surface area contributed by atoms with E-state index in [0.29, 0.717) is 13.1 Å². The highest BCUT2D eigenvalue weighted by molar-refractivity contribution is 5.88. The molecule has 0 saturated carbocycles. The van der Waals surface area contributed by atoms with Crippen LogP contribution in [0, 0.1) is 17.0 Å². The lowest BCUT2D eigenvalue weighted by Gasteiger charge is -2.40. The van der Waals surface area contributed by atoms with Gasteiger partial charge in [0.2, 0.25) is 0 Å². The zero-order valence-corrected chi connectivity index (χ0v) is 11.7. The Hall–Kier alpha value is -1.65. The van der Waals surface area contributed by atoms with Crippen molar-refractivity contribution in [2.45, 2.75) is 33.1 Å². The molecule has 0 unspecified atom stereocenters. The van der Waals surface area contributed by atoms with Crippen LogP contribution in [0.3, 0.4) is 0 Å². The van der Waals surface area contributed by atoms with Crippen LogP contribution in [0.15, 0.2) is 12.1 Å². The Morgan fingerprint density at radius 3 is 2.20 bits per heavy atom. The summed E-state index contributed by atoms with van der Waals surface area (Å²) in [6.07, 6.45) is 2.80. The van der Waals surface area contributed by atoms with Gasteiger partial charge in [-0.1, -0.05) is 20.3 Å². The van der Waals surface area contributed by atoms with Crippen molar-refractivity contribution in [1.29, 1.82) is 0 Å². The van der Waals surface area contributed by atoms with Gasteiger partial charge in [0.15, 0.2) is 0 Å². The molecule has 20 heavy (non-hydrogen) atoms. The van der Waals surface area contributed by atoms with Gasteiger partial charge < -0.3 is 10.0 Å². The Morgan fingerprint density at radius 2 is 1.80 bits per heavy atom. The van der Waals surface area contributed by atoms with Crippen molar-refractivity contribution < 1.29 is 18.7 Å². The van der Waals surface area contributed by atoms with Gasteiger partial charge in [0.05, 0.1) is 5.56 Å². The van der Waals surface area contributed by atoms with Crippen molar-refractivity contribution >= 4 is 11.7 Å². The van der Waals surface area contributed by atoms with Crippen LogP contribution in [0.2, 0.25) is 0 Å². The second-order valence-corrected chi connectivity index (χ2v) is 5.74. The second-order valence-electron chi connectivity index (χ2n) is 5.74. The fourth-order valence-corrected chi connectivity index (χ4v) is 2.61. The molecule has 1 aromatic rings. The summed E-state index contributed by atoms with van der Waals surface area (Å²) in [5.41, 5.74) is -0.239. The molecule has 1 saturated heterocycles. The van der Waals surface area contributed by atoms with E-state index in [-0.39, 0.29) is 16.7 Å². The molecule has 0 aromatic heterocycles. The molecule has 5 heteroatoms. The SMILES string of the molecule is CCC1(C)CCN(c2c(F)cc(C(=O)O)cc2F)CC1. The number of nitrogens with zero attached hydrogens (tertiary/aromatic N) is 1. The largest absolute Gasteiger partial charge is 0.478 e. The summed E-state index contributed by atoms with van der Waals surface area (Å²) in [4.78, 5) is 12.4. The lowest BCUT2D eigenvalue weighted by Crippen LogP contribution is -2.39. The molecule has 0 atom stereocenters. The van der Waals surface area contributed by atoms with Gasteiger partial charge in [0, 0.05) is 13.1 Å². The summed E-state index contributed by atoms with van der Waals surface area (Å²) in [5.74, 6) is -2.93. The zero-order chi connectivity index (χ0) is 14.9. The number of rotatable bonds is 3. The average molecular weight is 283 g/mol. The van der Waals surface area contributed by atoms with E-state index in [0.717, 1.165) is 31.4 Å². The average Bonchev–Trinajstić information content (AvgIpc) is 2.40. The molecule has 1 aliphatic heterocycles. The highest BCUT2D eigenvalue weighted by atomic mass is 19.1. The molecule has 0 spiro atoms. The van der Waals surface area contributed by atoms with Crippen LogP contribution >= 0.6 is 0 Å². The maximum Gasteiger partial charge on any atom is 0.335 e. The van der Waals surface area contributed by atoms with Crippen LogP contribution in [0.5, 0.6) is 0 Å². The number of hydrogen-bond donors (Lipinski definition) is 1. The first-order valence-corrected chi connectivity index (χ1v) is 6.83. The number of benzene rings is 1. The number of hydrogen-bond acceptors (Lipinski definition) is 2. The van der Waals surface area contributed by atoms with E-state index in [4.69, 9.17) is 5.11 Å². The van der Waals surface area contributed by atoms with Crippen LogP contribution in [0.1, 0.15) is 43.5 Å². The third-order valence-electron chi connectivity index (χ3n) is 4.40. The maximum atomic E-state index is 14.0. The number of anilines is 1. The van der Waals surface area contributed by atoms with Crippen LogP contribution in [0.4, 0.5) is 14.5 Å². The van der Waals surface area contributed by atoms with Crippen molar-refractivity contribution in [1.82, 2.24) is 0 Å². The van der Waals surface area contributed by atoms with E-state index < -0.39 is 17.6 Å². The molecule has 1 heterocycles. The van der Waals surface area contributed by atoms with E-state index in [1.54, 1.807) is 4.90 Å². The van der Waals surface area contributed by atoms with E-state index in [1.165, 1.54) is 0 Å². The minimum absolute atomic E-state index is 0.104. The molecule has 0 bridgehead atoms. The van der Waals surface area contributed by atoms with Crippen LogP contribution in [-0.2, 0) is 0 Å². The van der Waals surface area contributed by atoms with E-state index >= 15 is 0 Å². The monoisotopic (exact) mass is 283 g/mol. The summed E-state index contributed by atoms with van der Waals surface area (Å²) in [5, 5.41) is 8.79. The number of halogens is 2. The Balaban J connectivity index is 2.24. The molecule has 3 nitrogen and oxygen atoms in total. The highest BCUT2D eigenvalue weighted by Crippen LogP contribution is 2.37. The van der Waals surface area contributed by atoms with Crippen LogP contribution in [-0.4, -0.2) is 24.2 Å². The normalized spacial score (nSPS) is 18.1. The zero-order valence-electron chi connectivity index (χ0n) is 11.7. The number of piperidine rings is 1. The van der Waals surface area contributed by atoms with Crippen molar-refractivity contribution in [3.63, 3.8) is 0 Å². The third kappa shape index (κ3) is 2.76. The molecule has 110 valence electrons. The standard InChI is InChI=1S/C15H19F2NO2/c1-3-15(2)4-6-18(7-5-15)13-11(16)8-10(14(19)20)9-12(13)17/h8-9H,3-7H2,1-2H3,(H,19,20). The quantitative estimate of drug-likeness (QED) is 0.920. The summed E-state index contributed by atoms with van der Waals surface area (Å²) in [6.45, 7) is 5.48. The molecule has 1 aliphatic rings. The van der Waals surface area contributed by atoms with Crippen LogP contribution in [0.25, 0.3) is 0 Å². The van der Waals surface area contributed by atoms with Gasteiger partial charge in [-0.25, -0.2) is 13.6 Å². The smallest absolute Gasteiger partial charge is 0.335 e. The minimum Gasteiger partial charge on any atom is -0.478 e. The van der Waals surface area contributed by atoms with Gasteiger partial charge in [-0.3, -0.25) is 0 Å². The van der Waals surface area contributed by atoms with E-state index in [9.17, 15) is 13.6 Å². The van der Waals surface area contributed by atoms with Crippen molar-refractivity contribution in [3.8, 4) is 0 Å². The molecular weight excluding hydrogens is 264 g/mol. The molecule has 1 fully saturated rings. The first kappa shape index (κ1) is 14.8. The molecule has 0 radical (unpaired) electrons. The fraction of sp³-hybridized carbons (Fsp3) is 0.533. The van der Waals surface area contributed by atoms with Gasteiger partial charge in [0.25, 0.3) is 0 Å². The predicted octanol–water partition coefficient (Wildman–Crippen LogP) is 3.68. The number of carboxylic acids is 1. The Kier molecular flexibility index (Phi) is 3.97. The van der Waals surface area contributed by atoms with Crippen LogP contribution < -0.4 is 4.90 Å². The Bertz CT molecular complexity index is 500. The van der Waals surface area contributed by atoms with Gasteiger partial charge >= 0.3 is 5.97 Å². The molecule has 1 N–H and O–H groups in total. The van der Waals surface area contributed by atoms with Crippen molar-refractivity contribution in [2.24, 2.45) is 5.41 Å². The molecular formula is C15H19F2NO2. The maximum absolute atomic E-state index is 14.0. The van der Waals surface area contributed by atoms with Crippen molar-refractivity contribution in [2.75, 3.05) is 18.0 Å². The molecule has 0 amide bonds. The van der Waals surface area contributed by atoms with Gasteiger partial charge in [-0.15, -0.1) is 0 Å². The molecule has 0 aliphatic carbocycles. The Labute approximate surface area is 117 Å². The first-order valence-electron chi connectivity index (χ1n) is 6.83. The predicted molar refractivity (Wildman–Crippen MR) is 73.2 cm³/mol. The second kappa shape index (κ2) is 5.38.